The fraction of sp³-hybridized carbons (Fsp3) is 0.235. The molecule has 0 aliphatic rings. The first-order valence-electron chi connectivity index (χ1n) is 7.39. The van der Waals surface area contributed by atoms with Crippen LogP contribution >= 0.6 is 0 Å². The number of halogens is 1. The van der Waals surface area contributed by atoms with Gasteiger partial charge in [-0.1, -0.05) is 18.2 Å². The molecule has 0 fully saturated rings. The Morgan fingerprint density at radius 2 is 2.04 bits per heavy atom. The molecule has 2 aromatic carbocycles. The number of nitrogens with one attached hydrogen (secondary N) is 1. The van der Waals surface area contributed by atoms with Crippen molar-refractivity contribution in [1.29, 1.82) is 0 Å². The largest absolute Gasteiger partial charge is 0.491 e. The maximum atomic E-state index is 13.3. The van der Waals surface area contributed by atoms with Crippen LogP contribution in [0.4, 0.5) is 15.8 Å². The van der Waals surface area contributed by atoms with Crippen LogP contribution in [0.3, 0.4) is 0 Å². The molecule has 126 valence electrons. The molecule has 2 rings (SSSR count). The van der Waals surface area contributed by atoms with Gasteiger partial charge >= 0.3 is 0 Å². The van der Waals surface area contributed by atoms with E-state index >= 15 is 0 Å². The SMILES string of the molecule is Cc1ccc(NC(=O)CCCOc2ccccc2F)cc1[N+](=O)[O-]. The van der Waals surface area contributed by atoms with Gasteiger partial charge in [0.15, 0.2) is 11.6 Å². The smallest absolute Gasteiger partial charge is 0.274 e. The summed E-state index contributed by atoms with van der Waals surface area (Å²) >= 11 is 0. The molecule has 0 saturated carbocycles. The molecule has 6 nitrogen and oxygen atoms in total. The van der Waals surface area contributed by atoms with Crippen molar-refractivity contribution >= 4 is 17.3 Å². The monoisotopic (exact) mass is 332 g/mol. The van der Waals surface area contributed by atoms with Gasteiger partial charge in [-0.15, -0.1) is 0 Å². The number of nitro benzene ring substituents is 1. The minimum absolute atomic E-state index is 0.0457. The van der Waals surface area contributed by atoms with Crippen LogP contribution in [0, 0.1) is 22.9 Å². The second-order valence-electron chi connectivity index (χ2n) is 5.19. The van der Waals surface area contributed by atoms with E-state index in [0.29, 0.717) is 17.7 Å². The number of carbonyl (C=O) groups excluding carboxylic acids is 1. The molecule has 0 radical (unpaired) electrons. The van der Waals surface area contributed by atoms with Crippen molar-refractivity contribution in [3.63, 3.8) is 0 Å². The first-order chi connectivity index (χ1) is 11.5. The summed E-state index contributed by atoms with van der Waals surface area (Å²) in [6.45, 7) is 1.83. The van der Waals surface area contributed by atoms with E-state index in [4.69, 9.17) is 4.74 Å². The predicted octanol–water partition coefficient (Wildman–Crippen LogP) is 3.84. The van der Waals surface area contributed by atoms with Crippen molar-refractivity contribution in [1.82, 2.24) is 0 Å². The molecule has 0 aromatic heterocycles. The molecule has 2 aromatic rings. The first-order valence-corrected chi connectivity index (χ1v) is 7.39. The van der Waals surface area contributed by atoms with Gasteiger partial charge in [0.1, 0.15) is 0 Å². The molecule has 24 heavy (non-hydrogen) atoms. The van der Waals surface area contributed by atoms with Crippen LogP contribution in [0.25, 0.3) is 0 Å². The van der Waals surface area contributed by atoms with Gasteiger partial charge in [0.25, 0.3) is 5.69 Å². The zero-order chi connectivity index (χ0) is 17.5. The predicted molar refractivity (Wildman–Crippen MR) is 87.6 cm³/mol. The highest BCUT2D eigenvalue weighted by atomic mass is 19.1. The fourth-order valence-electron chi connectivity index (χ4n) is 2.08. The van der Waals surface area contributed by atoms with E-state index in [-0.39, 0.29) is 30.4 Å². The Balaban J connectivity index is 1.80. The first kappa shape index (κ1) is 17.4. The summed E-state index contributed by atoms with van der Waals surface area (Å²) in [7, 11) is 0. The highest BCUT2D eigenvalue weighted by molar-refractivity contribution is 5.91. The van der Waals surface area contributed by atoms with E-state index in [9.17, 15) is 19.3 Å². The topological polar surface area (TPSA) is 81.5 Å². The normalized spacial score (nSPS) is 10.2. The van der Waals surface area contributed by atoms with E-state index in [1.807, 2.05) is 0 Å². The van der Waals surface area contributed by atoms with Crippen LogP contribution in [0.2, 0.25) is 0 Å². The Hall–Kier alpha value is -2.96. The van der Waals surface area contributed by atoms with Crippen LogP contribution in [0.5, 0.6) is 5.75 Å². The number of nitro groups is 1. The second-order valence-corrected chi connectivity index (χ2v) is 5.19. The lowest BCUT2D eigenvalue weighted by molar-refractivity contribution is -0.385. The summed E-state index contributed by atoms with van der Waals surface area (Å²) in [6.07, 6.45) is 0.560. The quantitative estimate of drug-likeness (QED) is 0.474. The molecule has 0 aliphatic heterocycles. The van der Waals surface area contributed by atoms with E-state index in [2.05, 4.69) is 5.32 Å². The molecular weight excluding hydrogens is 315 g/mol. The van der Waals surface area contributed by atoms with Gasteiger partial charge in [0.05, 0.1) is 11.5 Å². The minimum atomic E-state index is -0.493. The van der Waals surface area contributed by atoms with Crippen LogP contribution < -0.4 is 10.1 Å². The molecule has 1 amide bonds. The van der Waals surface area contributed by atoms with Crippen LogP contribution in [0.15, 0.2) is 42.5 Å². The summed E-state index contributed by atoms with van der Waals surface area (Å²) < 4.78 is 18.6. The summed E-state index contributed by atoms with van der Waals surface area (Å²) in [6, 6.07) is 10.5. The van der Waals surface area contributed by atoms with Gasteiger partial charge in [0.2, 0.25) is 5.91 Å². The molecule has 0 bridgehead atoms. The van der Waals surface area contributed by atoms with Gasteiger partial charge in [-0.3, -0.25) is 14.9 Å². The van der Waals surface area contributed by atoms with Crippen LogP contribution in [-0.4, -0.2) is 17.4 Å². The van der Waals surface area contributed by atoms with E-state index in [0.717, 1.165) is 0 Å². The third kappa shape index (κ3) is 4.77. The van der Waals surface area contributed by atoms with Gasteiger partial charge in [-0.05, 0) is 31.5 Å². The minimum Gasteiger partial charge on any atom is -0.491 e. The average molecular weight is 332 g/mol. The van der Waals surface area contributed by atoms with Crippen LogP contribution in [-0.2, 0) is 4.79 Å². The molecule has 0 heterocycles. The highest BCUT2D eigenvalue weighted by Crippen LogP contribution is 2.22. The standard InChI is InChI=1S/C17H17FN2O4/c1-12-8-9-13(11-15(12)20(22)23)19-17(21)7-4-10-24-16-6-3-2-5-14(16)18/h2-3,5-6,8-9,11H,4,7,10H2,1H3,(H,19,21). The number of hydrogen-bond acceptors (Lipinski definition) is 4. The Morgan fingerprint density at radius 3 is 2.75 bits per heavy atom. The third-order valence-electron chi connectivity index (χ3n) is 3.33. The molecule has 0 saturated heterocycles. The summed E-state index contributed by atoms with van der Waals surface area (Å²) in [5.41, 5.74) is 0.847. The van der Waals surface area contributed by atoms with Gasteiger partial charge in [-0.2, -0.15) is 0 Å². The zero-order valence-corrected chi connectivity index (χ0v) is 13.1. The van der Waals surface area contributed by atoms with Gasteiger partial charge < -0.3 is 10.1 Å². The third-order valence-corrected chi connectivity index (χ3v) is 3.33. The Labute approximate surface area is 138 Å². The number of para-hydroxylation sites is 1. The van der Waals surface area contributed by atoms with E-state index < -0.39 is 10.7 Å². The summed E-state index contributed by atoms with van der Waals surface area (Å²) in [5, 5.41) is 13.5. The van der Waals surface area contributed by atoms with E-state index in [1.165, 1.54) is 18.2 Å². The average Bonchev–Trinajstić information content (AvgIpc) is 2.54. The molecule has 1 N–H and O–H groups in total. The maximum Gasteiger partial charge on any atom is 0.274 e. The zero-order valence-electron chi connectivity index (χ0n) is 13.1. The number of anilines is 1. The Morgan fingerprint density at radius 1 is 1.29 bits per heavy atom. The Bertz CT molecular complexity index is 749. The molecule has 7 heteroatoms. The number of aryl methyl sites for hydroxylation is 1. The van der Waals surface area contributed by atoms with Gasteiger partial charge in [0, 0.05) is 23.7 Å². The number of rotatable bonds is 7. The molecule has 0 unspecified atom stereocenters. The van der Waals surface area contributed by atoms with E-state index in [1.54, 1.807) is 31.2 Å². The fourth-order valence-corrected chi connectivity index (χ4v) is 2.08. The van der Waals surface area contributed by atoms with Crippen molar-refractivity contribution in [2.24, 2.45) is 0 Å². The second kappa shape index (κ2) is 8.05. The van der Waals surface area contributed by atoms with Crippen molar-refractivity contribution in [2.45, 2.75) is 19.8 Å². The Kier molecular flexibility index (Phi) is 5.83. The number of carbonyl (C=O) groups is 1. The lowest BCUT2D eigenvalue weighted by Gasteiger charge is -2.08. The lowest BCUT2D eigenvalue weighted by Crippen LogP contribution is -2.13. The number of hydrogen-bond donors (Lipinski definition) is 1. The molecule has 0 atom stereocenters. The number of nitrogens with zero attached hydrogens (tertiary/aromatic N) is 1. The van der Waals surface area contributed by atoms with Crippen molar-refractivity contribution < 1.29 is 18.8 Å². The summed E-state index contributed by atoms with van der Waals surface area (Å²) in [5.74, 6) is -0.591. The highest BCUT2D eigenvalue weighted by Gasteiger charge is 2.12. The van der Waals surface area contributed by atoms with Crippen molar-refractivity contribution in [2.75, 3.05) is 11.9 Å². The lowest BCUT2D eigenvalue weighted by atomic mass is 10.2. The van der Waals surface area contributed by atoms with Gasteiger partial charge in [-0.25, -0.2) is 4.39 Å². The van der Waals surface area contributed by atoms with Crippen molar-refractivity contribution in [3.8, 4) is 5.75 Å². The molecule has 0 aliphatic carbocycles. The van der Waals surface area contributed by atoms with Crippen LogP contribution in [0.1, 0.15) is 18.4 Å². The molecular formula is C17H17FN2O4. The van der Waals surface area contributed by atoms with Crippen molar-refractivity contribution in [3.05, 3.63) is 64.0 Å². The number of amides is 1. The summed E-state index contributed by atoms with van der Waals surface area (Å²) in [4.78, 5) is 22.2. The molecule has 0 spiro atoms. The number of ether oxygens (including phenoxy) is 1. The maximum absolute atomic E-state index is 13.3. The number of benzene rings is 2.